The normalized spacial score (nSPS) is 17.8. The molecular weight excluding hydrogens is 321 g/mol. The molecule has 1 aromatic carbocycles. The van der Waals surface area contributed by atoms with Gasteiger partial charge in [-0.25, -0.2) is 12.8 Å². The molecule has 1 heterocycles. The van der Waals surface area contributed by atoms with Crippen LogP contribution in [0.15, 0.2) is 23.1 Å². The summed E-state index contributed by atoms with van der Waals surface area (Å²) in [7, 11) is -3.72. The molecule has 0 amide bonds. The van der Waals surface area contributed by atoms with Gasteiger partial charge in [0.05, 0.1) is 9.92 Å². The fraction of sp³-hybridized carbons (Fsp3) is 0.462. The second kappa shape index (κ2) is 6.29. The lowest BCUT2D eigenvalue weighted by Gasteiger charge is -2.30. The molecule has 8 heteroatoms. The number of halogens is 2. The van der Waals surface area contributed by atoms with E-state index in [1.54, 1.807) is 0 Å². The van der Waals surface area contributed by atoms with Crippen molar-refractivity contribution in [2.24, 2.45) is 5.92 Å². The average Bonchev–Trinajstić information content (AvgIpc) is 2.41. The Kier molecular flexibility index (Phi) is 4.85. The van der Waals surface area contributed by atoms with E-state index in [1.165, 1.54) is 10.4 Å². The van der Waals surface area contributed by atoms with Gasteiger partial charge in [0.2, 0.25) is 10.0 Å². The summed E-state index contributed by atoms with van der Waals surface area (Å²) in [5.41, 5.74) is 0. The second-order valence-corrected chi connectivity index (χ2v) is 7.37. The standard InChI is InChI=1S/C13H15ClFNO4S/c14-11-8-10(1-2-12(11)15)21(19,20)16-5-3-9(4-6-16)7-13(17)18/h1-2,8-9H,3-7H2,(H,17,18). The van der Waals surface area contributed by atoms with E-state index in [-0.39, 0.29) is 35.3 Å². The topological polar surface area (TPSA) is 74.7 Å². The largest absolute Gasteiger partial charge is 0.481 e. The molecule has 0 aromatic heterocycles. The minimum Gasteiger partial charge on any atom is -0.481 e. The number of sulfonamides is 1. The molecule has 116 valence electrons. The number of benzene rings is 1. The minimum absolute atomic E-state index is 0.00856. The zero-order valence-electron chi connectivity index (χ0n) is 11.1. The first-order valence-electron chi connectivity index (χ1n) is 6.47. The molecule has 1 aromatic rings. The molecule has 1 N–H and O–H groups in total. The fourth-order valence-electron chi connectivity index (χ4n) is 2.39. The number of hydrogen-bond donors (Lipinski definition) is 1. The summed E-state index contributed by atoms with van der Waals surface area (Å²) in [5.74, 6) is -1.55. The highest BCUT2D eigenvalue weighted by Gasteiger charge is 2.30. The number of carbonyl (C=O) groups is 1. The maximum absolute atomic E-state index is 13.1. The van der Waals surface area contributed by atoms with E-state index in [0.717, 1.165) is 12.1 Å². The van der Waals surface area contributed by atoms with Gasteiger partial charge in [-0.2, -0.15) is 4.31 Å². The van der Waals surface area contributed by atoms with Crippen LogP contribution in [-0.2, 0) is 14.8 Å². The molecule has 1 saturated heterocycles. The maximum Gasteiger partial charge on any atom is 0.303 e. The highest BCUT2D eigenvalue weighted by atomic mass is 35.5. The van der Waals surface area contributed by atoms with Crippen molar-refractivity contribution in [3.8, 4) is 0 Å². The molecule has 0 spiro atoms. The number of hydrogen-bond acceptors (Lipinski definition) is 3. The van der Waals surface area contributed by atoms with Gasteiger partial charge in [-0.15, -0.1) is 0 Å². The smallest absolute Gasteiger partial charge is 0.303 e. The molecule has 0 unspecified atom stereocenters. The summed E-state index contributed by atoms with van der Waals surface area (Å²) >= 11 is 5.62. The van der Waals surface area contributed by atoms with Crippen molar-refractivity contribution in [1.29, 1.82) is 0 Å². The van der Waals surface area contributed by atoms with Crippen molar-refractivity contribution >= 4 is 27.6 Å². The molecule has 1 aliphatic rings. The first kappa shape index (κ1) is 16.2. The maximum atomic E-state index is 13.1. The summed E-state index contributed by atoms with van der Waals surface area (Å²) in [6.07, 6.45) is 1.05. The third-order valence-electron chi connectivity index (χ3n) is 3.57. The summed E-state index contributed by atoms with van der Waals surface area (Å²) in [5, 5.41) is 8.50. The number of aliphatic carboxylic acids is 1. The number of carboxylic acids is 1. The van der Waals surface area contributed by atoms with Crippen LogP contribution in [0.2, 0.25) is 5.02 Å². The number of carboxylic acid groups (broad SMARTS) is 1. The van der Waals surface area contributed by atoms with Gasteiger partial charge >= 0.3 is 5.97 Å². The molecular formula is C13H15ClFNO4S. The summed E-state index contributed by atoms with van der Waals surface area (Å²) in [6, 6.07) is 3.29. The van der Waals surface area contributed by atoms with Crippen molar-refractivity contribution < 1.29 is 22.7 Å². The minimum atomic E-state index is -3.72. The fourth-order valence-corrected chi connectivity index (χ4v) is 4.13. The molecule has 0 saturated carbocycles. The molecule has 1 fully saturated rings. The molecule has 0 atom stereocenters. The highest BCUT2D eigenvalue weighted by Crippen LogP contribution is 2.27. The van der Waals surface area contributed by atoms with Crippen LogP contribution in [0.25, 0.3) is 0 Å². The molecule has 5 nitrogen and oxygen atoms in total. The number of piperidine rings is 1. The first-order chi connectivity index (χ1) is 9.80. The van der Waals surface area contributed by atoms with Crippen LogP contribution in [0, 0.1) is 11.7 Å². The predicted octanol–water partition coefficient (Wildman–Crippen LogP) is 2.35. The van der Waals surface area contributed by atoms with Crippen LogP contribution in [0.1, 0.15) is 19.3 Å². The third kappa shape index (κ3) is 3.72. The van der Waals surface area contributed by atoms with Crippen LogP contribution in [0.4, 0.5) is 4.39 Å². The molecule has 0 bridgehead atoms. The van der Waals surface area contributed by atoms with E-state index in [4.69, 9.17) is 16.7 Å². The van der Waals surface area contributed by atoms with E-state index >= 15 is 0 Å². The zero-order valence-corrected chi connectivity index (χ0v) is 12.7. The lowest BCUT2D eigenvalue weighted by atomic mass is 9.95. The van der Waals surface area contributed by atoms with Gasteiger partial charge < -0.3 is 5.11 Å². The summed E-state index contributed by atoms with van der Waals surface area (Å²) < 4.78 is 39.2. The Bertz CT molecular complexity index is 642. The second-order valence-electron chi connectivity index (χ2n) is 5.02. The van der Waals surface area contributed by atoms with Crippen molar-refractivity contribution in [3.63, 3.8) is 0 Å². The lowest BCUT2D eigenvalue weighted by molar-refractivity contribution is -0.138. The summed E-state index contributed by atoms with van der Waals surface area (Å²) in [4.78, 5) is 10.6. The molecule has 21 heavy (non-hydrogen) atoms. The third-order valence-corrected chi connectivity index (χ3v) is 5.75. The molecule has 0 aliphatic carbocycles. The van der Waals surface area contributed by atoms with E-state index in [2.05, 4.69) is 0 Å². The zero-order chi connectivity index (χ0) is 15.6. The summed E-state index contributed by atoms with van der Waals surface area (Å²) in [6.45, 7) is 0.518. The van der Waals surface area contributed by atoms with Crippen molar-refractivity contribution in [1.82, 2.24) is 4.31 Å². The van der Waals surface area contributed by atoms with Crippen molar-refractivity contribution in [3.05, 3.63) is 29.0 Å². The van der Waals surface area contributed by atoms with E-state index in [0.29, 0.717) is 12.8 Å². The van der Waals surface area contributed by atoms with Crippen LogP contribution in [0.3, 0.4) is 0 Å². The predicted molar refractivity (Wildman–Crippen MR) is 75.1 cm³/mol. The highest BCUT2D eigenvalue weighted by molar-refractivity contribution is 7.89. The Morgan fingerprint density at radius 2 is 2.00 bits per heavy atom. The van der Waals surface area contributed by atoms with Gasteiger partial charge in [-0.1, -0.05) is 11.6 Å². The van der Waals surface area contributed by atoms with E-state index in [1.807, 2.05) is 0 Å². The number of rotatable bonds is 4. The van der Waals surface area contributed by atoms with Crippen molar-refractivity contribution in [2.75, 3.05) is 13.1 Å². The van der Waals surface area contributed by atoms with Gasteiger partial charge in [0.25, 0.3) is 0 Å². The number of nitrogens with zero attached hydrogens (tertiary/aromatic N) is 1. The van der Waals surface area contributed by atoms with Gasteiger partial charge in [0.15, 0.2) is 0 Å². The van der Waals surface area contributed by atoms with Crippen LogP contribution in [-0.4, -0.2) is 36.9 Å². The van der Waals surface area contributed by atoms with Gasteiger partial charge in [-0.05, 0) is 37.0 Å². The molecule has 2 rings (SSSR count). The average molecular weight is 336 g/mol. The Balaban J connectivity index is 2.11. The van der Waals surface area contributed by atoms with Crippen LogP contribution < -0.4 is 0 Å². The van der Waals surface area contributed by atoms with E-state index in [9.17, 15) is 17.6 Å². The molecule has 1 aliphatic heterocycles. The SMILES string of the molecule is O=C(O)CC1CCN(S(=O)(=O)c2ccc(F)c(Cl)c2)CC1. The Morgan fingerprint density at radius 3 is 2.52 bits per heavy atom. The lowest BCUT2D eigenvalue weighted by Crippen LogP contribution is -2.38. The van der Waals surface area contributed by atoms with E-state index < -0.39 is 21.8 Å². The van der Waals surface area contributed by atoms with Gasteiger partial charge in [-0.3, -0.25) is 4.79 Å². The van der Waals surface area contributed by atoms with Crippen LogP contribution >= 0.6 is 11.6 Å². The Labute approximate surface area is 127 Å². The van der Waals surface area contributed by atoms with Crippen LogP contribution in [0.5, 0.6) is 0 Å². The quantitative estimate of drug-likeness (QED) is 0.916. The van der Waals surface area contributed by atoms with Gasteiger partial charge in [0, 0.05) is 19.5 Å². The van der Waals surface area contributed by atoms with Crippen molar-refractivity contribution in [2.45, 2.75) is 24.2 Å². The Morgan fingerprint density at radius 1 is 1.38 bits per heavy atom. The monoisotopic (exact) mass is 335 g/mol. The van der Waals surface area contributed by atoms with Gasteiger partial charge in [0.1, 0.15) is 5.82 Å². The first-order valence-corrected chi connectivity index (χ1v) is 8.29. The Hall–Kier alpha value is -1.18. The molecule has 0 radical (unpaired) electrons.